The van der Waals surface area contributed by atoms with E-state index in [9.17, 15) is 4.79 Å². The van der Waals surface area contributed by atoms with Crippen LogP contribution in [0.15, 0.2) is 36.4 Å². The van der Waals surface area contributed by atoms with Crippen molar-refractivity contribution in [2.75, 3.05) is 56.7 Å². The van der Waals surface area contributed by atoms with Crippen molar-refractivity contribution in [2.45, 2.75) is 39.8 Å². The number of ether oxygens (including phenoxy) is 2. The second kappa shape index (κ2) is 12.6. The van der Waals surface area contributed by atoms with Crippen LogP contribution in [0.5, 0.6) is 11.5 Å². The van der Waals surface area contributed by atoms with Gasteiger partial charge in [0.05, 0.1) is 17.2 Å². The van der Waals surface area contributed by atoms with Gasteiger partial charge in [-0.05, 0) is 58.0 Å². The standard InChI is InChI=1S/C26H36Cl2N4O3/c1-18(2)32(19(3)4)14-15-35-25-16-20(6-9-24(25)34-5)29-26(33)31-12-10-30(11-13-31)21-7-8-22(27)23(28)17-21/h6-9,16-19H,10-15H2,1-5H3,(H,29,33). The summed E-state index contributed by atoms with van der Waals surface area (Å²) in [6, 6.07) is 11.8. The van der Waals surface area contributed by atoms with Gasteiger partial charge in [-0.2, -0.15) is 0 Å². The molecule has 1 fully saturated rings. The largest absolute Gasteiger partial charge is 0.493 e. The zero-order chi connectivity index (χ0) is 25.5. The average Bonchev–Trinajstić information content (AvgIpc) is 2.83. The number of amides is 2. The van der Waals surface area contributed by atoms with E-state index in [2.05, 4.69) is 42.8 Å². The molecule has 0 unspecified atom stereocenters. The summed E-state index contributed by atoms with van der Waals surface area (Å²) in [5.41, 5.74) is 1.67. The molecule has 1 heterocycles. The van der Waals surface area contributed by atoms with Gasteiger partial charge in [0.15, 0.2) is 11.5 Å². The molecular weight excluding hydrogens is 487 g/mol. The van der Waals surface area contributed by atoms with Crippen molar-refractivity contribution in [3.63, 3.8) is 0 Å². The fourth-order valence-corrected chi connectivity index (χ4v) is 4.59. The summed E-state index contributed by atoms with van der Waals surface area (Å²) in [5.74, 6) is 1.25. The Morgan fingerprint density at radius 1 is 0.971 bits per heavy atom. The summed E-state index contributed by atoms with van der Waals surface area (Å²) in [5, 5.41) is 4.06. The molecule has 0 radical (unpaired) electrons. The second-order valence-corrected chi connectivity index (χ2v) is 9.96. The molecule has 1 aliphatic rings. The highest BCUT2D eigenvalue weighted by Gasteiger charge is 2.22. The molecule has 9 heteroatoms. The Bertz CT molecular complexity index is 987. The number of nitrogens with one attached hydrogen (secondary N) is 1. The number of urea groups is 1. The van der Waals surface area contributed by atoms with Crippen molar-refractivity contribution < 1.29 is 14.3 Å². The van der Waals surface area contributed by atoms with Gasteiger partial charge in [-0.15, -0.1) is 0 Å². The summed E-state index contributed by atoms with van der Waals surface area (Å²) in [7, 11) is 1.61. The van der Waals surface area contributed by atoms with E-state index in [-0.39, 0.29) is 6.03 Å². The van der Waals surface area contributed by atoms with Gasteiger partial charge in [-0.1, -0.05) is 23.2 Å². The van der Waals surface area contributed by atoms with Crippen molar-refractivity contribution in [3.05, 3.63) is 46.4 Å². The Labute approximate surface area is 218 Å². The minimum absolute atomic E-state index is 0.138. The number of hydrogen-bond acceptors (Lipinski definition) is 5. The lowest BCUT2D eigenvalue weighted by Gasteiger charge is -2.36. The summed E-state index contributed by atoms with van der Waals surface area (Å²) in [6.07, 6.45) is 0. The van der Waals surface area contributed by atoms with Crippen LogP contribution in [0.2, 0.25) is 10.0 Å². The van der Waals surface area contributed by atoms with E-state index in [0.29, 0.717) is 72.1 Å². The Morgan fingerprint density at radius 3 is 2.26 bits per heavy atom. The van der Waals surface area contributed by atoms with Gasteiger partial charge in [-0.25, -0.2) is 4.79 Å². The van der Waals surface area contributed by atoms with E-state index >= 15 is 0 Å². The monoisotopic (exact) mass is 522 g/mol. The number of rotatable bonds is 9. The van der Waals surface area contributed by atoms with Gasteiger partial charge in [0, 0.05) is 62.2 Å². The van der Waals surface area contributed by atoms with Crippen molar-refractivity contribution in [2.24, 2.45) is 0 Å². The maximum absolute atomic E-state index is 12.9. The highest BCUT2D eigenvalue weighted by molar-refractivity contribution is 6.42. The van der Waals surface area contributed by atoms with Crippen LogP contribution in [0.3, 0.4) is 0 Å². The average molecular weight is 524 g/mol. The van der Waals surface area contributed by atoms with E-state index in [1.807, 2.05) is 35.2 Å². The molecule has 0 saturated carbocycles. The van der Waals surface area contributed by atoms with Crippen LogP contribution in [-0.2, 0) is 0 Å². The zero-order valence-electron chi connectivity index (χ0n) is 21.2. The molecule has 7 nitrogen and oxygen atoms in total. The molecular formula is C26H36Cl2N4O3. The molecule has 0 spiro atoms. The van der Waals surface area contributed by atoms with Gasteiger partial charge < -0.3 is 24.6 Å². The van der Waals surface area contributed by atoms with Gasteiger partial charge in [-0.3, -0.25) is 4.90 Å². The fraction of sp³-hybridized carbons (Fsp3) is 0.500. The lowest BCUT2D eigenvalue weighted by molar-refractivity contribution is 0.140. The lowest BCUT2D eigenvalue weighted by Crippen LogP contribution is -2.50. The van der Waals surface area contributed by atoms with Crippen LogP contribution in [-0.4, -0.2) is 74.4 Å². The first-order valence-electron chi connectivity index (χ1n) is 12.0. The first-order chi connectivity index (χ1) is 16.7. The summed E-state index contributed by atoms with van der Waals surface area (Å²) < 4.78 is 11.5. The third-order valence-corrected chi connectivity index (χ3v) is 6.92. The minimum Gasteiger partial charge on any atom is -0.493 e. The number of nitrogens with zero attached hydrogens (tertiary/aromatic N) is 3. The molecule has 192 valence electrons. The van der Waals surface area contributed by atoms with Gasteiger partial charge >= 0.3 is 6.03 Å². The summed E-state index contributed by atoms with van der Waals surface area (Å²) in [6.45, 7) is 12.7. The van der Waals surface area contributed by atoms with Crippen molar-refractivity contribution in [1.82, 2.24) is 9.80 Å². The highest BCUT2D eigenvalue weighted by Crippen LogP contribution is 2.31. The smallest absolute Gasteiger partial charge is 0.321 e. The summed E-state index contributed by atoms with van der Waals surface area (Å²) in [4.78, 5) is 19.3. The molecule has 2 aromatic carbocycles. The van der Waals surface area contributed by atoms with E-state index in [1.54, 1.807) is 13.2 Å². The zero-order valence-corrected chi connectivity index (χ0v) is 22.7. The molecule has 0 aliphatic carbocycles. The van der Waals surface area contributed by atoms with E-state index in [1.165, 1.54) is 0 Å². The van der Waals surface area contributed by atoms with Crippen LogP contribution in [0.25, 0.3) is 0 Å². The van der Waals surface area contributed by atoms with Crippen LogP contribution >= 0.6 is 23.2 Å². The van der Waals surface area contributed by atoms with E-state index in [0.717, 1.165) is 12.2 Å². The van der Waals surface area contributed by atoms with Crippen molar-refractivity contribution in [1.29, 1.82) is 0 Å². The quantitative estimate of drug-likeness (QED) is 0.447. The molecule has 1 saturated heterocycles. The maximum Gasteiger partial charge on any atom is 0.321 e. The Kier molecular flexibility index (Phi) is 9.78. The Balaban J connectivity index is 1.56. The van der Waals surface area contributed by atoms with Crippen LogP contribution in [0.1, 0.15) is 27.7 Å². The van der Waals surface area contributed by atoms with Gasteiger partial charge in [0.1, 0.15) is 6.61 Å². The molecule has 0 bridgehead atoms. The van der Waals surface area contributed by atoms with Gasteiger partial charge in [0.2, 0.25) is 0 Å². The van der Waals surface area contributed by atoms with Crippen LogP contribution < -0.4 is 19.7 Å². The number of carbonyl (C=O) groups excluding carboxylic acids is 1. The van der Waals surface area contributed by atoms with Crippen LogP contribution in [0.4, 0.5) is 16.2 Å². The predicted octanol–water partition coefficient (Wildman–Crippen LogP) is 5.85. The molecule has 1 N–H and O–H groups in total. The molecule has 35 heavy (non-hydrogen) atoms. The number of halogens is 2. The number of hydrogen-bond donors (Lipinski definition) is 1. The third kappa shape index (κ3) is 7.32. The van der Waals surface area contributed by atoms with E-state index in [4.69, 9.17) is 32.7 Å². The fourth-order valence-electron chi connectivity index (χ4n) is 4.29. The molecule has 0 aromatic heterocycles. The SMILES string of the molecule is COc1ccc(NC(=O)N2CCN(c3ccc(Cl)c(Cl)c3)CC2)cc1OCCN(C(C)C)C(C)C. The number of benzene rings is 2. The topological polar surface area (TPSA) is 57.3 Å². The van der Waals surface area contributed by atoms with Crippen molar-refractivity contribution in [3.8, 4) is 11.5 Å². The Hall–Kier alpha value is -2.35. The molecule has 1 aliphatic heterocycles. The molecule has 0 atom stereocenters. The molecule has 2 amide bonds. The number of methoxy groups -OCH3 is 1. The Morgan fingerprint density at radius 2 is 1.66 bits per heavy atom. The number of piperazine rings is 1. The minimum atomic E-state index is -0.138. The normalized spacial score (nSPS) is 14.1. The molecule has 3 rings (SSSR count). The molecule has 2 aromatic rings. The van der Waals surface area contributed by atoms with Crippen LogP contribution in [0, 0.1) is 0 Å². The predicted molar refractivity (Wildman–Crippen MR) is 145 cm³/mol. The first kappa shape index (κ1) is 27.2. The van der Waals surface area contributed by atoms with Gasteiger partial charge in [0.25, 0.3) is 0 Å². The third-order valence-electron chi connectivity index (χ3n) is 6.18. The summed E-state index contributed by atoms with van der Waals surface area (Å²) >= 11 is 12.2. The number of carbonyl (C=O) groups is 1. The maximum atomic E-state index is 12.9. The first-order valence-corrected chi connectivity index (χ1v) is 12.8. The van der Waals surface area contributed by atoms with Crippen molar-refractivity contribution >= 4 is 40.6 Å². The highest BCUT2D eigenvalue weighted by atomic mass is 35.5. The second-order valence-electron chi connectivity index (χ2n) is 9.14. The lowest BCUT2D eigenvalue weighted by atomic mass is 10.2. The van der Waals surface area contributed by atoms with E-state index < -0.39 is 0 Å². The number of anilines is 2.